The lowest BCUT2D eigenvalue weighted by Crippen LogP contribution is -2.29. The van der Waals surface area contributed by atoms with Gasteiger partial charge in [-0.15, -0.1) is 0 Å². The molecule has 0 bridgehead atoms. The second-order valence-corrected chi connectivity index (χ2v) is 7.70. The Bertz CT molecular complexity index is 983. The summed E-state index contributed by atoms with van der Waals surface area (Å²) in [6.07, 6.45) is 1.43. The van der Waals surface area contributed by atoms with Gasteiger partial charge in [0.15, 0.2) is 5.78 Å². The van der Waals surface area contributed by atoms with E-state index in [1.165, 1.54) is 13.0 Å². The molecular weight excluding hydrogens is 394 g/mol. The lowest BCUT2D eigenvalue weighted by Gasteiger charge is -2.12. The van der Waals surface area contributed by atoms with Crippen LogP contribution in [0.5, 0.6) is 5.75 Å². The van der Waals surface area contributed by atoms with Crippen LogP contribution in [0, 0.1) is 0 Å². The standard InChI is InChI=1S/C21H23NO6S/c1-3-27-20-10-9-18(16(2)23)13-19(20)15-28-21(24)14-22-29(25,26)12-11-17-7-5-4-6-8-17/h4-13,22H,3,14-15H2,1-2H3/b12-11+. The predicted molar refractivity (Wildman–Crippen MR) is 110 cm³/mol. The first-order chi connectivity index (χ1) is 13.8. The number of Topliss-reactive ketones (excluding diaryl/α,β-unsaturated/α-hetero) is 1. The second kappa shape index (κ2) is 10.5. The molecule has 154 valence electrons. The molecule has 29 heavy (non-hydrogen) atoms. The molecule has 2 rings (SSSR count). The van der Waals surface area contributed by atoms with E-state index in [1.54, 1.807) is 42.5 Å². The number of benzene rings is 2. The van der Waals surface area contributed by atoms with E-state index in [9.17, 15) is 18.0 Å². The van der Waals surface area contributed by atoms with E-state index < -0.39 is 22.5 Å². The first-order valence-corrected chi connectivity index (χ1v) is 10.5. The largest absolute Gasteiger partial charge is 0.493 e. The third kappa shape index (κ3) is 7.52. The first kappa shape index (κ1) is 22.3. The molecular formula is C21H23NO6S. The summed E-state index contributed by atoms with van der Waals surface area (Å²) in [7, 11) is -3.79. The molecule has 8 heteroatoms. The number of hydrogen-bond acceptors (Lipinski definition) is 6. The van der Waals surface area contributed by atoms with Crippen LogP contribution in [-0.4, -0.2) is 33.3 Å². The molecule has 0 radical (unpaired) electrons. The molecule has 0 aliphatic rings. The zero-order valence-electron chi connectivity index (χ0n) is 16.3. The van der Waals surface area contributed by atoms with E-state index in [0.717, 1.165) is 5.41 Å². The Morgan fingerprint density at radius 1 is 1.10 bits per heavy atom. The zero-order valence-corrected chi connectivity index (χ0v) is 17.1. The maximum absolute atomic E-state index is 12.0. The molecule has 0 amide bonds. The van der Waals surface area contributed by atoms with Gasteiger partial charge in [0.1, 0.15) is 18.9 Å². The number of sulfonamides is 1. The number of rotatable bonds is 10. The fraction of sp³-hybridized carbons (Fsp3) is 0.238. The van der Waals surface area contributed by atoms with Crippen molar-refractivity contribution in [3.05, 3.63) is 70.6 Å². The molecule has 7 nitrogen and oxygen atoms in total. The number of ether oxygens (including phenoxy) is 2. The molecule has 2 aromatic rings. The number of ketones is 1. The molecule has 0 aliphatic heterocycles. The van der Waals surface area contributed by atoms with E-state index in [2.05, 4.69) is 4.72 Å². The number of carbonyl (C=O) groups excluding carboxylic acids is 2. The molecule has 0 saturated carbocycles. The van der Waals surface area contributed by atoms with E-state index in [1.807, 2.05) is 13.0 Å². The minimum atomic E-state index is -3.79. The Labute approximate surface area is 170 Å². The maximum Gasteiger partial charge on any atom is 0.321 e. The summed E-state index contributed by atoms with van der Waals surface area (Å²) in [5.41, 5.74) is 1.71. The molecule has 0 aliphatic carbocycles. The van der Waals surface area contributed by atoms with Gasteiger partial charge in [0, 0.05) is 16.5 Å². The highest BCUT2D eigenvalue weighted by molar-refractivity contribution is 7.92. The first-order valence-electron chi connectivity index (χ1n) is 8.96. The average molecular weight is 417 g/mol. The summed E-state index contributed by atoms with van der Waals surface area (Å²) in [6, 6.07) is 13.8. The Balaban J connectivity index is 1.93. The highest BCUT2D eigenvalue weighted by Crippen LogP contribution is 2.21. The Hall–Kier alpha value is -2.97. The van der Waals surface area contributed by atoms with Crippen molar-refractivity contribution in [3.63, 3.8) is 0 Å². The Kier molecular flexibility index (Phi) is 8.11. The van der Waals surface area contributed by atoms with Crippen LogP contribution in [0.2, 0.25) is 0 Å². The topological polar surface area (TPSA) is 98.8 Å². The Morgan fingerprint density at radius 2 is 1.83 bits per heavy atom. The van der Waals surface area contributed by atoms with Crippen molar-refractivity contribution in [1.29, 1.82) is 0 Å². The van der Waals surface area contributed by atoms with Gasteiger partial charge >= 0.3 is 5.97 Å². The van der Waals surface area contributed by atoms with E-state index in [4.69, 9.17) is 9.47 Å². The quantitative estimate of drug-likeness (QED) is 0.471. The van der Waals surface area contributed by atoms with Gasteiger partial charge in [-0.2, -0.15) is 0 Å². The summed E-state index contributed by atoms with van der Waals surface area (Å²) >= 11 is 0. The van der Waals surface area contributed by atoms with Gasteiger partial charge in [-0.05, 0) is 43.7 Å². The summed E-state index contributed by atoms with van der Waals surface area (Å²) in [4.78, 5) is 23.5. The minimum absolute atomic E-state index is 0.126. The van der Waals surface area contributed by atoms with Crippen LogP contribution in [-0.2, 0) is 26.2 Å². The third-order valence-electron chi connectivity index (χ3n) is 3.81. The second-order valence-electron chi connectivity index (χ2n) is 6.05. The van der Waals surface area contributed by atoms with Crippen molar-refractivity contribution in [2.75, 3.05) is 13.2 Å². The van der Waals surface area contributed by atoms with Gasteiger partial charge in [0.05, 0.1) is 6.61 Å². The van der Waals surface area contributed by atoms with E-state index >= 15 is 0 Å². The fourth-order valence-corrected chi connectivity index (χ4v) is 3.11. The van der Waals surface area contributed by atoms with Crippen molar-refractivity contribution < 1.29 is 27.5 Å². The zero-order chi connectivity index (χ0) is 21.3. The predicted octanol–water partition coefficient (Wildman–Crippen LogP) is 2.92. The van der Waals surface area contributed by atoms with Crippen LogP contribution in [0.4, 0.5) is 0 Å². The summed E-state index contributed by atoms with van der Waals surface area (Å²) in [6.45, 7) is 3.00. The summed E-state index contributed by atoms with van der Waals surface area (Å²) in [5, 5.41) is 0.985. The summed E-state index contributed by atoms with van der Waals surface area (Å²) < 4.78 is 36.7. The summed E-state index contributed by atoms with van der Waals surface area (Å²) in [5.74, 6) is -0.382. The molecule has 2 aromatic carbocycles. The van der Waals surface area contributed by atoms with Crippen LogP contribution in [0.15, 0.2) is 53.9 Å². The van der Waals surface area contributed by atoms with Crippen LogP contribution in [0.25, 0.3) is 6.08 Å². The monoisotopic (exact) mass is 417 g/mol. The molecule has 0 aromatic heterocycles. The van der Waals surface area contributed by atoms with Gasteiger partial charge in [-0.1, -0.05) is 30.3 Å². The molecule has 0 fully saturated rings. The Morgan fingerprint density at radius 3 is 2.48 bits per heavy atom. The minimum Gasteiger partial charge on any atom is -0.493 e. The van der Waals surface area contributed by atoms with Crippen molar-refractivity contribution in [3.8, 4) is 5.75 Å². The smallest absolute Gasteiger partial charge is 0.321 e. The van der Waals surface area contributed by atoms with Crippen molar-refractivity contribution in [2.45, 2.75) is 20.5 Å². The maximum atomic E-state index is 12.0. The normalized spacial score (nSPS) is 11.4. The number of carbonyl (C=O) groups is 2. The van der Waals surface area contributed by atoms with Gasteiger partial charge in [0.2, 0.25) is 10.0 Å². The van der Waals surface area contributed by atoms with Crippen LogP contribution in [0.1, 0.15) is 35.3 Å². The number of esters is 1. The molecule has 0 heterocycles. The van der Waals surface area contributed by atoms with Gasteiger partial charge in [-0.25, -0.2) is 13.1 Å². The van der Waals surface area contributed by atoms with Crippen LogP contribution in [0.3, 0.4) is 0 Å². The molecule has 0 saturated heterocycles. The average Bonchev–Trinajstić information content (AvgIpc) is 2.71. The lowest BCUT2D eigenvalue weighted by atomic mass is 10.1. The number of nitrogens with one attached hydrogen (secondary N) is 1. The highest BCUT2D eigenvalue weighted by atomic mass is 32.2. The SMILES string of the molecule is CCOc1ccc(C(C)=O)cc1COC(=O)CNS(=O)(=O)/C=C/c1ccccc1. The van der Waals surface area contributed by atoms with Gasteiger partial charge in [-0.3, -0.25) is 9.59 Å². The molecule has 0 atom stereocenters. The van der Waals surface area contributed by atoms with Crippen molar-refractivity contribution in [1.82, 2.24) is 4.72 Å². The number of hydrogen-bond donors (Lipinski definition) is 1. The van der Waals surface area contributed by atoms with Gasteiger partial charge < -0.3 is 9.47 Å². The molecule has 1 N–H and O–H groups in total. The fourth-order valence-electron chi connectivity index (χ4n) is 2.36. The third-order valence-corrected chi connectivity index (χ3v) is 4.85. The van der Waals surface area contributed by atoms with Crippen LogP contribution >= 0.6 is 0 Å². The van der Waals surface area contributed by atoms with E-state index in [-0.39, 0.29) is 12.4 Å². The highest BCUT2D eigenvalue weighted by Gasteiger charge is 2.13. The van der Waals surface area contributed by atoms with Crippen LogP contribution < -0.4 is 9.46 Å². The van der Waals surface area contributed by atoms with Crippen molar-refractivity contribution >= 4 is 27.9 Å². The van der Waals surface area contributed by atoms with E-state index in [0.29, 0.717) is 29.0 Å². The molecule has 0 unspecified atom stereocenters. The molecule has 0 spiro atoms. The lowest BCUT2D eigenvalue weighted by molar-refractivity contribution is -0.143. The van der Waals surface area contributed by atoms with Gasteiger partial charge in [0.25, 0.3) is 0 Å². The van der Waals surface area contributed by atoms with Crippen molar-refractivity contribution in [2.24, 2.45) is 0 Å².